The van der Waals surface area contributed by atoms with Crippen molar-refractivity contribution >= 4 is 5.91 Å². The number of hydrogen-bond donors (Lipinski definition) is 1. The maximum absolute atomic E-state index is 12.9. The molecule has 1 heterocycles. The largest absolute Gasteiger partial charge is 0.365 e. The first-order valence-corrected chi connectivity index (χ1v) is 8.04. The van der Waals surface area contributed by atoms with Crippen molar-refractivity contribution in [2.45, 2.75) is 18.7 Å². The molecule has 126 valence electrons. The Morgan fingerprint density at radius 3 is 2.62 bits per heavy atom. The molecule has 1 N–H and O–H groups in total. The van der Waals surface area contributed by atoms with Gasteiger partial charge in [0.25, 0.3) is 5.91 Å². The number of amides is 1. The van der Waals surface area contributed by atoms with E-state index in [0.717, 1.165) is 17.7 Å². The van der Waals surface area contributed by atoms with Gasteiger partial charge >= 0.3 is 0 Å². The van der Waals surface area contributed by atoms with Crippen LogP contribution < -0.4 is 5.32 Å². The summed E-state index contributed by atoms with van der Waals surface area (Å²) in [4.78, 5) is 14.8. The molecule has 0 spiro atoms. The highest BCUT2D eigenvalue weighted by Gasteiger charge is 2.36. The predicted molar refractivity (Wildman–Crippen MR) is 89.8 cm³/mol. The van der Waals surface area contributed by atoms with Crippen LogP contribution in [0.1, 0.15) is 17.2 Å². The van der Waals surface area contributed by atoms with Gasteiger partial charge in [-0.15, -0.1) is 0 Å². The lowest BCUT2D eigenvalue weighted by atomic mass is 9.98. The zero-order chi connectivity index (χ0) is 16.9. The van der Waals surface area contributed by atoms with Crippen LogP contribution in [0, 0.1) is 5.82 Å². The van der Waals surface area contributed by atoms with Crippen LogP contribution in [0.4, 0.5) is 4.39 Å². The standard InChI is InChI=1S/C19H21FN2O2/c1-22-11-12-24-18(17(22)15-5-3-2-4-6-15)19(23)21-13-14-7-9-16(20)10-8-14/h2-10,17-18H,11-13H2,1H3,(H,21,23)/t17-,18+/m0/s1. The highest BCUT2D eigenvalue weighted by molar-refractivity contribution is 5.82. The van der Waals surface area contributed by atoms with E-state index >= 15 is 0 Å². The van der Waals surface area contributed by atoms with Crippen LogP contribution in [0.3, 0.4) is 0 Å². The SMILES string of the molecule is CN1CCO[C@@H](C(=O)NCc2ccc(F)cc2)[C@@H]1c1ccccc1. The molecular weight excluding hydrogens is 307 g/mol. The molecule has 4 nitrogen and oxygen atoms in total. The number of likely N-dealkylation sites (N-methyl/N-ethyl adjacent to an activating group) is 1. The maximum atomic E-state index is 12.9. The number of benzene rings is 2. The van der Waals surface area contributed by atoms with Gasteiger partial charge in [0.15, 0.2) is 6.10 Å². The van der Waals surface area contributed by atoms with Crippen molar-refractivity contribution in [2.75, 3.05) is 20.2 Å². The number of halogens is 1. The lowest BCUT2D eigenvalue weighted by molar-refractivity contribution is -0.144. The van der Waals surface area contributed by atoms with Crippen molar-refractivity contribution in [3.05, 3.63) is 71.5 Å². The fourth-order valence-corrected chi connectivity index (χ4v) is 2.98. The summed E-state index contributed by atoms with van der Waals surface area (Å²) in [6.07, 6.45) is -0.563. The van der Waals surface area contributed by atoms with Gasteiger partial charge in [0, 0.05) is 13.1 Å². The normalized spacial score (nSPS) is 21.4. The number of ether oxygens (including phenoxy) is 1. The minimum absolute atomic E-state index is 0.117. The van der Waals surface area contributed by atoms with Gasteiger partial charge in [0.2, 0.25) is 0 Å². The van der Waals surface area contributed by atoms with Crippen LogP contribution in [0.25, 0.3) is 0 Å². The molecule has 1 saturated heterocycles. The second-order valence-electron chi connectivity index (χ2n) is 5.97. The van der Waals surface area contributed by atoms with E-state index in [2.05, 4.69) is 10.2 Å². The number of nitrogens with zero attached hydrogens (tertiary/aromatic N) is 1. The van der Waals surface area contributed by atoms with Crippen molar-refractivity contribution in [1.82, 2.24) is 10.2 Å². The van der Waals surface area contributed by atoms with Crippen LogP contribution in [0.15, 0.2) is 54.6 Å². The average Bonchev–Trinajstić information content (AvgIpc) is 2.61. The summed E-state index contributed by atoms with van der Waals surface area (Å²) < 4.78 is 18.7. The minimum atomic E-state index is -0.563. The topological polar surface area (TPSA) is 41.6 Å². The lowest BCUT2D eigenvalue weighted by Crippen LogP contribution is -2.50. The monoisotopic (exact) mass is 328 g/mol. The van der Waals surface area contributed by atoms with Crippen LogP contribution in [0.5, 0.6) is 0 Å². The van der Waals surface area contributed by atoms with Gasteiger partial charge < -0.3 is 10.1 Å². The summed E-state index contributed by atoms with van der Waals surface area (Å²) in [5.41, 5.74) is 1.91. The zero-order valence-electron chi connectivity index (χ0n) is 13.6. The molecule has 3 rings (SSSR count). The summed E-state index contributed by atoms with van der Waals surface area (Å²) in [5, 5.41) is 2.90. The van der Waals surface area contributed by atoms with Gasteiger partial charge in [-0.25, -0.2) is 4.39 Å². The maximum Gasteiger partial charge on any atom is 0.251 e. The molecule has 0 unspecified atom stereocenters. The molecule has 0 aromatic heterocycles. The molecule has 1 aliphatic rings. The molecule has 1 aliphatic heterocycles. The first-order chi connectivity index (χ1) is 11.6. The van der Waals surface area contributed by atoms with Gasteiger partial charge in [0.1, 0.15) is 5.82 Å². The smallest absolute Gasteiger partial charge is 0.251 e. The molecule has 0 aliphatic carbocycles. The van der Waals surface area contributed by atoms with E-state index in [1.165, 1.54) is 12.1 Å². The van der Waals surface area contributed by atoms with E-state index in [1.54, 1.807) is 12.1 Å². The predicted octanol–water partition coefficient (Wildman–Crippen LogP) is 2.51. The van der Waals surface area contributed by atoms with Crippen LogP contribution in [-0.2, 0) is 16.1 Å². The van der Waals surface area contributed by atoms with Crippen molar-refractivity contribution in [3.8, 4) is 0 Å². The summed E-state index contributed by atoms with van der Waals surface area (Å²) in [7, 11) is 2.00. The molecule has 2 aromatic rings. The van der Waals surface area contributed by atoms with Crippen molar-refractivity contribution < 1.29 is 13.9 Å². The Balaban J connectivity index is 1.70. The Hall–Kier alpha value is -2.24. The third-order valence-corrected chi connectivity index (χ3v) is 4.28. The Morgan fingerprint density at radius 1 is 1.21 bits per heavy atom. The van der Waals surface area contributed by atoms with E-state index in [1.807, 2.05) is 37.4 Å². The Bertz CT molecular complexity index is 676. The summed E-state index contributed by atoms with van der Waals surface area (Å²) in [6.45, 7) is 1.65. The van der Waals surface area contributed by atoms with E-state index < -0.39 is 6.10 Å². The number of rotatable bonds is 4. The molecule has 0 radical (unpaired) electrons. The zero-order valence-corrected chi connectivity index (χ0v) is 13.6. The highest BCUT2D eigenvalue weighted by atomic mass is 19.1. The molecule has 1 amide bonds. The van der Waals surface area contributed by atoms with Gasteiger partial charge in [-0.3, -0.25) is 9.69 Å². The lowest BCUT2D eigenvalue weighted by Gasteiger charge is -2.38. The Labute approximate surface area is 141 Å². The summed E-state index contributed by atoms with van der Waals surface area (Å²) in [6, 6.07) is 15.9. The van der Waals surface area contributed by atoms with Gasteiger partial charge in [-0.05, 0) is 30.3 Å². The van der Waals surface area contributed by atoms with Gasteiger partial charge in [-0.1, -0.05) is 42.5 Å². The van der Waals surface area contributed by atoms with Crippen molar-refractivity contribution in [2.24, 2.45) is 0 Å². The molecule has 24 heavy (non-hydrogen) atoms. The van der Waals surface area contributed by atoms with Crippen LogP contribution >= 0.6 is 0 Å². The fraction of sp³-hybridized carbons (Fsp3) is 0.316. The van der Waals surface area contributed by atoms with Gasteiger partial charge in [-0.2, -0.15) is 0 Å². The van der Waals surface area contributed by atoms with E-state index in [4.69, 9.17) is 4.74 Å². The first-order valence-electron chi connectivity index (χ1n) is 8.04. The van der Waals surface area contributed by atoms with E-state index in [-0.39, 0.29) is 17.8 Å². The van der Waals surface area contributed by atoms with Crippen molar-refractivity contribution in [1.29, 1.82) is 0 Å². The van der Waals surface area contributed by atoms with E-state index in [0.29, 0.717) is 13.2 Å². The molecule has 5 heteroatoms. The van der Waals surface area contributed by atoms with Gasteiger partial charge in [0.05, 0.1) is 12.6 Å². The number of carbonyl (C=O) groups is 1. The minimum Gasteiger partial charge on any atom is -0.365 e. The van der Waals surface area contributed by atoms with Crippen molar-refractivity contribution in [3.63, 3.8) is 0 Å². The van der Waals surface area contributed by atoms with E-state index in [9.17, 15) is 9.18 Å². The third-order valence-electron chi connectivity index (χ3n) is 4.28. The molecular formula is C19H21FN2O2. The highest BCUT2D eigenvalue weighted by Crippen LogP contribution is 2.28. The molecule has 0 saturated carbocycles. The molecule has 2 aromatic carbocycles. The summed E-state index contributed by atoms with van der Waals surface area (Å²) >= 11 is 0. The second kappa shape index (κ2) is 7.55. The first kappa shape index (κ1) is 16.6. The summed E-state index contributed by atoms with van der Waals surface area (Å²) in [5.74, 6) is -0.439. The Morgan fingerprint density at radius 2 is 1.92 bits per heavy atom. The van der Waals surface area contributed by atoms with Crippen LogP contribution in [0.2, 0.25) is 0 Å². The van der Waals surface area contributed by atoms with Crippen LogP contribution in [-0.4, -0.2) is 37.1 Å². The molecule has 0 bridgehead atoms. The number of hydrogen-bond acceptors (Lipinski definition) is 3. The molecule has 1 fully saturated rings. The number of morpholine rings is 1. The second-order valence-corrected chi connectivity index (χ2v) is 5.97. The third kappa shape index (κ3) is 3.80. The number of carbonyl (C=O) groups excluding carboxylic acids is 1. The quantitative estimate of drug-likeness (QED) is 0.938. The fourth-order valence-electron chi connectivity index (χ4n) is 2.98. The average molecular weight is 328 g/mol. The molecule has 2 atom stereocenters. The number of nitrogens with one attached hydrogen (secondary N) is 1. The Kier molecular flexibility index (Phi) is 5.23.